The van der Waals surface area contributed by atoms with Crippen LogP contribution in [0.1, 0.15) is 49.6 Å². The zero-order chi connectivity index (χ0) is 29.2. The zero-order valence-corrected chi connectivity index (χ0v) is 22.3. The van der Waals surface area contributed by atoms with Crippen LogP contribution >= 0.6 is 0 Å². The lowest BCUT2D eigenvalue weighted by Crippen LogP contribution is -2.60. The van der Waals surface area contributed by atoms with Gasteiger partial charge in [-0.3, -0.25) is 9.47 Å². The average molecular weight is 558 g/mol. The monoisotopic (exact) mass is 557 g/mol. The molecule has 3 heterocycles. The van der Waals surface area contributed by atoms with Crippen molar-refractivity contribution >= 4 is 22.9 Å². The SMILES string of the molecule is CC[C@H]1CN(C(CNC(=O)O)c2ccc(C(F)(F)F)cc2)[C@H](CC)CN1c1nc(=O)n(C)c2ccc(C#N)nc12. The number of carbonyl (C=O) groups is 1. The van der Waals surface area contributed by atoms with E-state index in [4.69, 9.17) is 0 Å². The van der Waals surface area contributed by atoms with E-state index >= 15 is 0 Å². The topological polar surface area (TPSA) is 127 Å². The molecule has 10 nitrogen and oxygen atoms in total. The van der Waals surface area contributed by atoms with Crippen molar-refractivity contribution in [2.24, 2.45) is 7.05 Å². The second-order valence-electron chi connectivity index (χ2n) is 9.75. The summed E-state index contributed by atoms with van der Waals surface area (Å²) in [6, 6.07) is 9.15. The van der Waals surface area contributed by atoms with E-state index in [1.165, 1.54) is 16.7 Å². The first-order chi connectivity index (χ1) is 19.0. The highest BCUT2D eigenvalue weighted by atomic mass is 19.4. The second kappa shape index (κ2) is 11.5. The molecule has 0 saturated carbocycles. The second-order valence-corrected chi connectivity index (χ2v) is 9.75. The number of hydrogen-bond acceptors (Lipinski definition) is 7. The number of hydrogen-bond donors (Lipinski definition) is 2. The number of aryl methyl sites for hydroxylation is 1. The molecule has 4 rings (SSSR count). The van der Waals surface area contributed by atoms with E-state index in [0.29, 0.717) is 48.3 Å². The molecular formula is C27H30F3N7O3. The molecule has 1 amide bonds. The standard InChI is InChI=1S/C27H30F3N7O3/c1-4-19-15-37(24-23-21(35(3)25(38)34-24)11-10-18(12-31)33-23)20(5-2)14-36(19)22(13-32-26(39)40)16-6-8-17(9-7-16)27(28,29)30/h6-11,19-20,22,32H,4-5,13-15H2,1-3H3,(H,39,40)/t19-,20+,22?/m1/s1. The minimum atomic E-state index is -4.49. The normalized spacial score (nSPS) is 18.9. The van der Waals surface area contributed by atoms with Crippen LogP contribution in [-0.2, 0) is 13.2 Å². The third kappa shape index (κ3) is 5.72. The van der Waals surface area contributed by atoms with Gasteiger partial charge in [0.05, 0.1) is 17.1 Å². The number of pyridine rings is 1. The van der Waals surface area contributed by atoms with Gasteiger partial charge in [0, 0.05) is 38.8 Å². The maximum absolute atomic E-state index is 13.2. The first-order valence-electron chi connectivity index (χ1n) is 12.9. The molecule has 0 radical (unpaired) electrons. The van der Waals surface area contributed by atoms with Crippen LogP contribution in [0.2, 0.25) is 0 Å². The molecule has 1 aliphatic heterocycles. The van der Waals surface area contributed by atoms with Crippen LogP contribution in [0.4, 0.5) is 23.8 Å². The first-order valence-corrected chi connectivity index (χ1v) is 12.9. The number of carboxylic acid groups (broad SMARTS) is 1. The molecule has 2 aromatic heterocycles. The third-order valence-corrected chi connectivity index (χ3v) is 7.47. The van der Waals surface area contributed by atoms with Crippen molar-refractivity contribution in [3.05, 3.63) is 63.7 Å². The van der Waals surface area contributed by atoms with Gasteiger partial charge in [0.15, 0.2) is 5.82 Å². The van der Waals surface area contributed by atoms with E-state index in [1.807, 2.05) is 24.8 Å². The Hall–Kier alpha value is -4.18. The van der Waals surface area contributed by atoms with Crippen LogP contribution in [0.5, 0.6) is 0 Å². The maximum atomic E-state index is 13.2. The first kappa shape index (κ1) is 28.8. The summed E-state index contributed by atoms with van der Waals surface area (Å²) in [4.78, 5) is 37.1. The van der Waals surface area contributed by atoms with Gasteiger partial charge < -0.3 is 15.3 Å². The fourth-order valence-electron chi connectivity index (χ4n) is 5.30. The van der Waals surface area contributed by atoms with Crippen LogP contribution in [0.3, 0.4) is 0 Å². The molecular weight excluding hydrogens is 527 g/mol. The number of nitriles is 1. The molecule has 1 aromatic carbocycles. The summed E-state index contributed by atoms with van der Waals surface area (Å²) in [5.74, 6) is 0.370. The van der Waals surface area contributed by atoms with Crippen LogP contribution in [0.25, 0.3) is 11.0 Å². The van der Waals surface area contributed by atoms with Crippen LogP contribution < -0.4 is 15.9 Å². The van der Waals surface area contributed by atoms with E-state index < -0.39 is 29.6 Å². The summed E-state index contributed by atoms with van der Waals surface area (Å²) in [7, 11) is 1.59. The van der Waals surface area contributed by atoms with Gasteiger partial charge >= 0.3 is 18.0 Å². The molecule has 212 valence electrons. The van der Waals surface area contributed by atoms with Crippen LogP contribution in [0, 0.1) is 11.3 Å². The van der Waals surface area contributed by atoms with Gasteiger partial charge in [0.25, 0.3) is 0 Å². The highest BCUT2D eigenvalue weighted by molar-refractivity contribution is 5.86. The van der Waals surface area contributed by atoms with Gasteiger partial charge in [-0.05, 0) is 42.7 Å². The molecule has 40 heavy (non-hydrogen) atoms. The number of piperazine rings is 1. The van der Waals surface area contributed by atoms with E-state index in [2.05, 4.69) is 20.2 Å². The molecule has 1 fully saturated rings. The van der Waals surface area contributed by atoms with Gasteiger partial charge in [-0.15, -0.1) is 0 Å². The van der Waals surface area contributed by atoms with Crippen molar-refractivity contribution < 1.29 is 23.1 Å². The Balaban J connectivity index is 1.76. The van der Waals surface area contributed by atoms with Gasteiger partial charge in [-0.2, -0.15) is 23.4 Å². The lowest BCUT2D eigenvalue weighted by Gasteiger charge is -2.49. The molecule has 1 aliphatic rings. The van der Waals surface area contributed by atoms with Crippen molar-refractivity contribution in [3.8, 4) is 6.07 Å². The number of amides is 1. The Morgan fingerprint density at radius 1 is 1.12 bits per heavy atom. The van der Waals surface area contributed by atoms with Crippen LogP contribution in [-0.4, -0.2) is 62.4 Å². The van der Waals surface area contributed by atoms with Gasteiger partial charge in [-0.25, -0.2) is 14.6 Å². The third-order valence-electron chi connectivity index (χ3n) is 7.47. The molecule has 0 spiro atoms. The number of alkyl halides is 3. The number of benzene rings is 1. The molecule has 0 bridgehead atoms. The Labute approximate surface area is 228 Å². The van der Waals surface area contributed by atoms with E-state index in [9.17, 15) is 33.1 Å². The summed E-state index contributed by atoms with van der Waals surface area (Å²) in [6.07, 6.45) is -4.45. The summed E-state index contributed by atoms with van der Waals surface area (Å²) in [6.45, 7) is 4.76. The average Bonchev–Trinajstić information content (AvgIpc) is 2.94. The Morgan fingerprint density at radius 3 is 2.38 bits per heavy atom. The van der Waals surface area contributed by atoms with Crippen molar-refractivity contribution in [2.45, 2.75) is 51.0 Å². The molecule has 0 aliphatic carbocycles. The number of halogens is 3. The van der Waals surface area contributed by atoms with Gasteiger partial charge in [0.2, 0.25) is 0 Å². The van der Waals surface area contributed by atoms with E-state index in [0.717, 1.165) is 12.1 Å². The number of nitrogens with one attached hydrogen (secondary N) is 1. The number of rotatable bonds is 7. The van der Waals surface area contributed by atoms with Crippen LogP contribution in [0.15, 0.2) is 41.2 Å². The molecule has 1 saturated heterocycles. The number of aromatic nitrogens is 3. The predicted octanol–water partition coefficient (Wildman–Crippen LogP) is 3.91. The minimum Gasteiger partial charge on any atom is -0.465 e. The van der Waals surface area contributed by atoms with E-state index in [1.54, 1.807) is 19.2 Å². The molecule has 3 aromatic rings. The van der Waals surface area contributed by atoms with Crippen molar-refractivity contribution in [2.75, 3.05) is 24.5 Å². The number of fused-ring (bicyclic) bond motifs is 1. The van der Waals surface area contributed by atoms with Crippen molar-refractivity contribution in [1.29, 1.82) is 5.26 Å². The lowest BCUT2D eigenvalue weighted by molar-refractivity contribution is -0.137. The van der Waals surface area contributed by atoms with Crippen molar-refractivity contribution in [1.82, 2.24) is 24.8 Å². The Bertz CT molecular complexity index is 1480. The fourth-order valence-corrected chi connectivity index (χ4v) is 5.30. The summed E-state index contributed by atoms with van der Waals surface area (Å²) in [5.41, 5.74) is 0.461. The highest BCUT2D eigenvalue weighted by Gasteiger charge is 2.39. The fraction of sp³-hybridized carbons (Fsp3) is 0.444. The molecule has 3 atom stereocenters. The highest BCUT2D eigenvalue weighted by Crippen LogP contribution is 2.35. The summed E-state index contributed by atoms with van der Waals surface area (Å²) >= 11 is 0. The molecule has 13 heteroatoms. The largest absolute Gasteiger partial charge is 0.465 e. The quantitative estimate of drug-likeness (QED) is 0.448. The number of nitrogens with zero attached hydrogens (tertiary/aromatic N) is 6. The lowest BCUT2D eigenvalue weighted by atomic mass is 9.95. The maximum Gasteiger partial charge on any atom is 0.416 e. The summed E-state index contributed by atoms with van der Waals surface area (Å²) in [5, 5.41) is 21.1. The smallest absolute Gasteiger partial charge is 0.416 e. The van der Waals surface area contributed by atoms with Gasteiger partial charge in [0.1, 0.15) is 17.3 Å². The molecule has 2 N–H and O–H groups in total. The van der Waals surface area contributed by atoms with Crippen molar-refractivity contribution in [3.63, 3.8) is 0 Å². The Morgan fingerprint density at radius 2 is 1.80 bits per heavy atom. The Kier molecular flexibility index (Phi) is 8.29. The van der Waals surface area contributed by atoms with E-state index in [-0.39, 0.29) is 24.3 Å². The zero-order valence-electron chi connectivity index (χ0n) is 22.3. The van der Waals surface area contributed by atoms with Gasteiger partial charge in [-0.1, -0.05) is 26.0 Å². The molecule has 1 unspecified atom stereocenters. The summed E-state index contributed by atoms with van der Waals surface area (Å²) < 4.78 is 41.0. The number of anilines is 1. The predicted molar refractivity (Wildman–Crippen MR) is 142 cm³/mol. The minimum absolute atomic E-state index is 0.0201.